The van der Waals surface area contributed by atoms with E-state index in [1.165, 1.54) is 6.20 Å². The first-order valence-corrected chi connectivity index (χ1v) is 12.8. The highest BCUT2D eigenvalue weighted by atomic mass is 16.6. The maximum absolute atomic E-state index is 12.7. The molecule has 0 spiro atoms. The second-order valence-electron chi connectivity index (χ2n) is 9.82. The number of hydrogen-bond acceptors (Lipinski definition) is 5. The summed E-state index contributed by atoms with van der Waals surface area (Å²) >= 11 is 0. The number of carbonyl (C=O) groups excluding carboxylic acids is 1. The average Bonchev–Trinajstić information content (AvgIpc) is 3.66. The van der Waals surface area contributed by atoms with Crippen molar-refractivity contribution in [2.75, 3.05) is 5.32 Å². The molecule has 1 aromatic heterocycles. The maximum Gasteiger partial charge on any atom is 0.412 e. The van der Waals surface area contributed by atoms with Crippen LogP contribution in [0.4, 0.5) is 10.5 Å². The molecule has 1 unspecified atom stereocenters. The highest BCUT2D eigenvalue weighted by Gasteiger charge is 2.51. The van der Waals surface area contributed by atoms with Crippen LogP contribution in [0.15, 0.2) is 102 Å². The summed E-state index contributed by atoms with van der Waals surface area (Å²) in [5, 5.41) is 18.3. The Morgan fingerprint density at radius 1 is 0.897 bits per heavy atom. The number of aliphatic carboxylic acids is 1. The molecule has 1 atom stereocenters. The molecule has 7 nitrogen and oxygen atoms in total. The molecule has 0 radical (unpaired) electrons. The second kappa shape index (κ2) is 9.76. The number of fused-ring (bicyclic) bond motifs is 1. The number of rotatable bonds is 7. The predicted molar refractivity (Wildman–Crippen MR) is 148 cm³/mol. The number of amides is 1. The second-order valence-corrected chi connectivity index (χ2v) is 9.82. The van der Waals surface area contributed by atoms with E-state index < -0.39 is 23.6 Å². The van der Waals surface area contributed by atoms with E-state index in [2.05, 4.69) is 10.5 Å². The van der Waals surface area contributed by atoms with Gasteiger partial charge in [0.05, 0.1) is 11.6 Å². The van der Waals surface area contributed by atoms with E-state index in [1.54, 1.807) is 0 Å². The van der Waals surface area contributed by atoms with Crippen LogP contribution in [-0.4, -0.2) is 22.3 Å². The number of carboxylic acids is 1. The highest BCUT2D eigenvalue weighted by molar-refractivity contribution is 6.06. The third-order valence-corrected chi connectivity index (χ3v) is 7.44. The normalized spacial score (nSPS) is 14.5. The van der Waals surface area contributed by atoms with E-state index in [0.717, 1.165) is 38.6 Å². The van der Waals surface area contributed by atoms with Crippen molar-refractivity contribution in [3.05, 3.63) is 108 Å². The van der Waals surface area contributed by atoms with Gasteiger partial charge in [0.2, 0.25) is 0 Å². The van der Waals surface area contributed by atoms with E-state index in [9.17, 15) is 14.7 Å². The number of carboxylic acid groups (broad SMARTS) is 1. The molecular weight excluding hydrogens is 492 g/mol. The molecule has 1 saturated carbocycles. The fourth-order valence-corrected chi connectivity index (χ4v) is 5.08. The molecular formula is C32H26N2O5. The van der Waals surface area contributed by atoms with Gasteiger partial charge in [-0.1, -0.05) is 90.1 Å². The van der Waals surface area contributed by atoms with E-state index in [1.807, 2.05) is 97.9 Å². The van der Waals surface area contributed by atoms with E-state index in [4.69, 9.17) is 9.26 Å². The van der Waals surface area contributed by atoms with Crippen molar-refractivity contribution in [3.63, 3.8) is 0 Å². The number of benzene rings is 4. The number of anilines is 1. The molecule has 5 aromatic rings. The van der Waals surface area contributed by atoms with Crippen molar-refractivity contribution in [2.45, 2.75) is 31.3 Å². The molecule has 1 heterocycles. The molecule has 1 amide bonds. The first-order chi connectivity index (χ1) is 19.0. The summed E-state index contributed by atoms with van der Waals surface area (Å²) in [5.41, 5.74) is 4.17. The topological polar surface area (TPSA) is 102 Å². The van der Waals surface area contributed by atoms with Gasteiger partial charge in [0.1, 0.15) is 11.8 Å². The van der Waals surface area contributed by atoms with Crippen LogP contribution in [0.2, 0.25) is 0 Å². The van der Waals surface area contributed by atoms with Crippen molar-refractivity contribution in [1.29, 1.82) is 0 Å². The van der Waals surface area contributed by atoms with Gasteiger partial charge in [0.25, 0.3) is 0 Å². The molecule has 39 heavy (non-hydrogen) atoms. The lowest BCUT2D eigenvalue weighted by Crippen LogP contribution is -2.19. The largest absolute Gasteiger partial charge is 0.481 e. The number of nitrogens with zero attached hydrogens (tertiary/aromatic N) is 1. The summed E-state index contributed by atoms with van der Waals surface area (Å²) in [6.45, 7) is 1.81. The smallest absolute Gasteiger partial charge is 0.412 e. The lowest BCUT2D eigenvalue weighted by Gasteiger charge is -2.15. The van der Waals surface area contributed by atoms with Gasteiger partial charge in [0.15, 0.2) is 5.76 Å². The molecule has 0 bridgehead atoms. The zero-order valence-corrected chi connectivity index (χ0v) is 21.3. The zero-order valence-electron chi connectivity index (χ0n) is 21.3. The summed E-state index contributed by atoms with van der Waals surface area (Å²) in [6, 6.07) is 29.2. The SMILES string of the molecule is CC(OC(=O)Nc1cnoc1-c1ccc(-c2ccc(C3(C(=O)O)CC3)cc2)c2ccccc12)c1ccccc1. The summed E-state index contributed by atoms with van der Waals surface area (Å²) in [7, 11) is 0. The minimum atomic E-state index is -0.764. The minimum Gasteiger partial charge on any atom is -0.481 e. The Balaban J connectivity index is 1.29. The Bertz CT molecular complexity index is 1670. The first-order valence-electron chi connectivity index (χ1n) is 12.8. The zero-order chi connectivity index (χ0) is 27.0. The third kappa shape index (κ3) is 4.52. The number of hydrogen-bond donors (Lipinski definition) is 2. The van der Waals surface area contributed by atoms with Crippen molar-refractivity contribution >= 4 is 28.5 Å². The van der Waals surface area contributed by atoms with Gasteiger partial charge < -0.3 is 14.4 Å². The van der Waals surface area contributed by atoms with Gasteiger partial charge >= 0.3 is 12.1 Å². The van der Waals surface area contributed by atoms with Crippen molar-refractivity contribution < 1.29 is 24.0 Å². The van der Waals surface area contributed by atoms with Crippen molar-refractivity contribution in [3.8, 4) is 22.5 Å². The number of ether oxygens (including phenoxy) is 1. The van der Waals surface area contributed by atoms with Gasteiger partial charge in [-0.15, -0.1) is 0 Å². The molecule has 0 saturated heterocycles. The lowest BCUT2D eigenvalue weighted by atomic mass is 9.91. The van der Waals surface area contributed by atoms with Crippen LogP contribution in [0.5, 0.6) is 0 Å². The van der Waals surface area contributed by atoms with Crippen LogP contribution >= 0.6 is 0 Å². The first kappa shape index (κ1) is 24.4. The van der Waals surface area contributed by atoms with E-state index in [-0.39, 0.29) is 0 Å². The highest BCUT2D eigenvalue weighted by Crippen LogP contribution is 2.49. The molecule has 6 rings (SSSR count). The lowest BCUT2D eigenvalue weighted by molar-refractivity contribution is -0.140. The van der Waals surface area contributed by atoms with Crippen LogP contribution in [0.25, 0.3) is 33.2 Å². The van der Waals surface area contributed by atoms with Crippen LogP contribution in [0.1, 0.15) is 37.0 Å². The molecule has 7 heteroatoms. The van der Waals surface area contributed by atoms with Crippen molar-refractivity contribution in [2.24, 2.45) is 0 Å². The van der Waals surface area contributed by atoms with Crippen LogP contribution < -0.4 is 5.32 Å². The Morgan fingerprint density at radius 2 is 1.54 bits per heavy atom. The Kier molecular flexibility index (Phi) is 6.11. The standard InChI is InChI=1S/C32H26N2O5/c1-20(21-7-3-2-4-8-21)38-31(37)34-28-19-33-39-29(28)27-16-15-24(25-9-5-6-10-26(25)27)22-11-13-23(14-12-22)32(17-18-32)30(35)36/h2-16,19-20H,17-18H2,1H3,(H,34,37)(H,35,36). The summed E-state index contributed by atoms with van der Waals surface area (Å²) in [5.74, 6) is -0.338. The fraction of sp³-hybridized carbons (Fsp3) is 0.156. The Labute approximate surface area is 225 Å². The quantitative estimate of drug-likeness (QED) is 0.230. The fourth-order valence-electron chi connectivity index (χ4n) is 5.08. The molecule has 1 aliphatic rings. The average molecular weight is 519 g/mol. The van der Waals surface area contributed by atoms with Crippen LogP contribution in [-0.2, 0) is 14.9 Å². The van der Waals surface area contributed by atoms with E-state index in [0.29, 0.717) is 24.3 Å². The monoisotopic (exact) mass is 518 g/mol. The molecule has 194 valence electrons. The summed E-state index contributed by atoms with van der Waals surface area (Å²) in [6.07, 6.45) is 1.77. The van der Waals surface area contributed by atoms with Crippen molar-refractivity contribution in [1.82, 2.24) is 5.16 Å². The molecule has 2 N–H and O–H groups in total. The number of aromatic nitrogens is 1. The minimum absolute atomic E-state index is 0.408. The van der Waals surface area contributed by atoms with Gasteiger partial charge in [-0.2, -0.15) is 0 Å². The Morgan fingerprint density at radius 3 is 2.21 bits per heavy atom. The molecule has 0 aliphatic heterocycles. The van der Waals surface area contributed by atoms with E-state index >= 15 is 0 Å². The van der Waals surface area contributed by atoms with Gasteiger partial charge in [-0.3, -0.25) is 10.1 Å². The van der Waals surface area contributed by atoms with Gasteiger partial charge in [-0.25, -0.2) is 4.79 Å². The third-order valence-electron chi connectivity index (χ3n) is 7.44. The molecule has 1 aliphatic carbocycles. The van der Waals surface area contributed by atoms with Gasteiger partial charge in [-0.05, 0) is 58.9 Å². The summed E-state index contributed by atoms with van der Waals surface area (Å²) < 4.78 is 11.2. The number of nitrogens with one attached hydrogen (secondary N) is 1. The summed E-state index contributed by atoms with van der Waals surface area (Å²) in [4.78, 5) is 24.4. The van der Waals surface area contributed by atoms with Crippen LogP contribution in [0.3, 0.4) is 0 Å². The molecule has 1 fully saturated rings. The number of carbonyl (C=O) groups is 2. The molecule has 4 aromatic carbocycles. The predicted octanol–water partition coefficient (Wildman–Crippen LogP) is 7.59. The van der Waals surface area contributed by atoms with Gasteiger partial charge in [0, 0.05) is 5.56 Å². The van der Waals surface area contributed by atoms with Crippen LogP contribution in [0, 0.1) is 0 Å². The Hall–Kier alpha value is -4.91. The maximum atomic E-state index is 12.7.